The average molecular weight is 316 g/mol. The number of carboxylic acid groups (broad SMARTS) is 1. The third kappa shape index (κ3) is 2.18. The topological polar surface area (TPSA) is 57.5 Å². The summed E-state index contributed by atoms with van der Waals surface area (Å²) in [6, 6.07) is 7.93. The first kappa shape index (κ1) is 15.3. The maximum absolute atomic E-state index is 11.7. The first-order valence-corrected chi connectivity index (χ1v) is 8.29. The molecule has 0 fully saturated rings. The first-order valence-electron chi connectivity index (χ1n) is 7.41. The predicted octanol–water partition coefficient (Wildman–Crippen LogP) is 4.07. The van der Waals surface area contributed by atoms with Gasteiger partial charge in [-0.2, -0.15) is 0 Å². The summed E-state index contributed by atoms with van der Waals surface area (Å²) >= 11 is 1.63. The van der Waals surface area contributed by atoms with Gasteiger partial charge in [0.25, 0.3) is 0 Å². The molecule has 2 N–H and O–H groups in total. The summed E-state index contributed by atoms with van der Waals surface area (Å²) in [5.74, 6) is -1.16. The summed E-state index contributed by atoms with van der Waals surface area (Å²) in [6.07, 6.45) is 0.898. The molecule has 1 aromatic carbocycles. The highest BCUT2D eigenvalue weighted by Gasteiger charge is 2.46. The third-order valence-corrected chi connectivity index (χ3v) is 5.85. The van der Waals surface area contributed by atoms with Gasteiger partial charge >= 0.3 is 5.97 Å². The maximum atomic E-state index is 11.7. The van der Waals surface area contributed by atoms with Gasteiger partial charge in [-0.15, -0.1) is 11.3 Å². The Bertz CT molecular complexity index is 745. The van der Waals surface area contributed by atoms with E-state index in [1.165, 1.54) is 5.56 Å². The van der Waals surface area contributed by atoms with Gasteiger partial charge in [0.15, 0.2) is 5.60 Å². The zero-order valence-electron chi connectivity index (χ0n) is 13.0. The van der Waals surface area contributed by atoms with Gasteiger partial charge in [0, 0.05) is 4.88 Å². The lowest BCUT2D eigenvalue weighted by Gasteiger charge is -2.40. The molecule has 1 aromatic heterocycles. The molecular formula is C18H20O3S. The van der Waals surface area contributed by atoms with Crippen molar-refractivity contribution >= 4 is 17.3 Å². The normalized spacial score (nSPS) is 23.1. The van der Waals surface area contributed by atoms with E-state index in [0.717, 1.165) is 16.0 Å². The van der Waals surface area contributed by atoms with Crippen LogP contribution in [0.25, 0.3) is 10.4 Å². The molecule has 3 nitrogen and oxygen atoms in total. The summed E-state index contributed by atoms with van der Waals surface area (Å²) in [5.41, 5.74) is 1.71. The molecule has 116 valence electrons. The van der Waals surface area contributed by atoms with Crippen LogP contribution in [-0.4, -0.2) is 16.2 Å². The van der Waals surface area contributed by atoms with Crippen molar-refractivity contribution in [1.82, 2.24) is 0 Å². The molecule has 1 atom stereocenters. The summed E-state index contributed by atoms with van der Waals surface area (Å²) in [6.45, 7) is 6.24. The fourth-order valence-corrected chi connectivity index (χ4v) is 4.20. The van der Waals surface area contributed by atoms with E-state index < -0.39 is 11.6 Å². The molecule has 4 heteroatoms. The summed E-state index contributed by atoms with van der Waals surface area (Å²) < 4.78 is 0. The van der Waals surface area contributed by atoms with Crippen molar-refractivity contribution in [2.75, 3.05) is 0 Å². The van der Waals surface area contributed by atoms with E-state index in [1.807, 2.05) is 36.6 Å². The van der Waals surface area contributed by atoms with Gasteiger partial charge in [-0.1, -0.05) is 26.0 Å². The van der Waals surface area contributed by atoms with Gasteiger partial charge in [-0.05, 0) is 64.9 Å². The number of aliphatic hydroxyl groups is 1. The molecule has 0 bridgehead atoms. The minimum Gasteiger partial charge on any atom is -0.479 e. The van der Waals surface area contributed by atoms with Crippen LogP contribution < -0.4 is 0 Å². The number of hydrogen-bond donors (Lipinski definition) is 2. The second-order valence-corrected chi connectivity index (χ2v) is 7.66. The van der Waals surface area contributed by atoms with Gasteiger partial charge in [0.2, 0.25) is 0 Å². The van der Waals surface area contributed by atoms with Crippen molar-refractivity contribution in [3.63, 3.8) is 0 Å². The lowest BCUT2D eigenvalue weighted by atomic mass is 9.66. The molecule has 0 amide bonds. The van der Waals surface area contributed by atoms with Crippen LogP contribution >= 0.6 is 11.3 Å². The van der Waals surface area contributed by atoms with Gasteiger partial charge in [-0.25, -0.2) is 4.79 Å². The smallest absolute Gasteiger partial charge is 0.340 e. The molecule has 1 heterocycles. The Morgan fingerprint density at radius 2 is 1.91 bits per heavy atom. The SMILES string of the molecule is Cc1ccsc1-c1ccc2c(c1)C(O)(C(=O)O)CCC2(C)C. The quantitative estimate of drug-likeness (QED) is 0.878. The van der Waals surface area contributed by atoms with Gasteiger partial charge < -0.3 is 10.2 Å². The summed E-state index contributed by atoms with van der Waals surface area (Å²) in [4.78, 5) is 12.8. The lowest BCUT2D eigenvalue weighted by Crippen LogP contribution is -2.43. The Balaban J connectivity index is 2.23. The molecule has 1 aliphatic carbocycles. The Morgan fingerprint density at radius 1 is 1.18 bits per heavy atom. The molecular weight excluding hydrogens is 296 g/mol. The van der Waals surface area contributed by atoms with Gasteiger partial charge in [0.05, 0.1) is 0 Å². The highest BCUT2D eigenvalue weighted by molar-refractivity contribution is 7.13. The number of rotatable bonds is 2. The van der Waals surface area contributed by atoms with Crippen LogP contribution in [0.2, 0.25) is 0 Å². The molecule has 3 rings (SSSR count). The Hall–Kier alpha value is -1.65. The molecule has 2 aromatic rings. The number of aliphatic carboxylic acids is 1. The van der Waals surface area contributed by atoms with Gasteiger partial charge in [-0.3, -0.25) is 0 Å². The number of fused-ring (bicyclic) bond motifs is 1. The van der Waals surface area contributed by atoms with Crippen molar-refractivity contribution in [3.05, 3.63) is 46.3 Å². The Morgan fingerprint density at radius 3 is 2.50 bits per heavy atom. The zero-order valence-corrected chi connectivity index (χ0v) is 13.8. The fourth-order valence-electron chi connectivity index (χ4n) is 3.27. The summed E-state index contributed by atoms with van der Waals surface area (Å²) in [5, 5.41) is 22.3. The number of carboxylic acids is 1. The number of aryl methyl sites for hydroxylation is 1. The van der Waals surface area contributed by atoms with Crippen molar-refractivity contribution < 1.29 is 15.0 Å². The lowest BCUT2D eigenvalue weighted by molar-refractivity contribution is -0.162. The number of carbonyl (C=O) groups is 1. The van der Waals surface area contributed by atoms with E-state index in [1.54, 1.807) is 11.3 Å². The second-order valence-electron chi connectivity index (χ2n) is 6.74. The van der Waals surface area contributed by atoms with Crippen molar-refractivity contribution in [3.8, 4) is 10.4 Å². The van der Waals surface area contributed by atoms with Crippen molar-refractivity contribution in [2.24, 2.45) is 0 Å². The molecule has 0 saturated heterocycles. The van der Waals surface area contributed by atoms with Crippen LogP contribution in [0.15, 0.2) is 29.6 Å². The monoisotopic (exact) mass is 316 g/mol. The van der Waals surface area contributed by atoms with Crippen LogP contribution in [-0.2, 0) is 15.8 Å². The largest absolute Gasteiger partial charge is 0.479 e. The maximum Gasteiger partial charge on any atom is 0.340 e. The van der Waals surface area contributed by atoms with E-state index in [2.05, 4.69) is 13.8 Å². The molecule has 0 radical (unpaired) electrons. The van der Waals surface area contributed by atoms with E-state index in [-0.39, 0.29) is 11.8 Å². The predicted molar refractivity (Wildman–Crippen MR) is 88.3 cm³/mol. The van der Waals surface area contributed by atoms with Crippen LogP contribution in [0, 0.1) is 6.92 Å². The van der Waals surface area contributed by atoms with Crippen LogP contribution in [0.1, 0.15) is 43.4 Å². The number of benzene rings is 1. The highest BCUT2D eigenvalue weighted by Crippen LogP contribution is 2.46. The van der Waals surface area contributed by atoms with Crippen LogP contribution in [0.5, 0.6) is 0 Å². The van der Waals surface area contributed by atoms with Gasteiger partial charge in [0.1, 0.15) is 0 Å². The number of thiophene rings is 1. The van der Waals surface area contributed by atoms with Crippen LogP contribution in [0.4, 0.5) is 0 Å². The van der Waals surface area contributed by atoms with Crippen molar-refractivity contribution in [1.29, 1.82) is 0 Å². The molecule has 0 saturated carbocycles. The minimum absolute atomic E-state index is 0.125. The zero-order chi connectivity index (χ0) is 16.1. The number of hydrogen-bond acceptors (Lipinski definition) is 3. The molecule has 22 heavy (non-hydrogen) atoms. The highest BCUT2D eigenvalue weighted by atomic mass is 32.1. The van der Waals surface area contributed by atoms with E-state index >= 15 is 0 Å². The third-order valence-electron chi connectivity index (χ3n) is 4.78. The second kappa shape index (κ2) is 4.93. The average Bonchev–Trinajstić information content (AvgIpc) is 2.89. The molecule has 1 unspecified atom stereocenters. The van der Waals surface area contributed by atoms with E-state index in [0.29, 0.717) is 12.0 Å². The minimum atomic E-state index is -1.79. The molecule has 0 aliphatic heterocycles. The Labute approximate surface area is 134 Å². The van der Waals surface area contributed by atoms with Crippen LogP contribution in [0.3, 0.4) is 0 Å². The molecule has 0 spiro atoms. The van der Waals surface area contributed by atoms with Crippen molar-refractivity contribution in [2.45, 2.75) is 44.6 Å². The first-order chi connectivity index (χ1) is 10.3. The Kier molecular flexibility index (Phi) is 3.42. The summed E-state index contributed by atoms with van der Waals surface area (Å²) in [7, 11) is 0. The van der Waals surface area contributed by atoms with E-state index in [9.17, 15) is 15.0 Å². The molecule has 1 aliphatic rings. The standard InChI is InChI=1S/C18H20O3S/c1-11-6-9-22-15(11)12-4-5-13-14(10-12)18(21,16(19)20)8-7-17(13,2)3/h4-6,9-10,21H,7-8H2,1-3H3,(H,19,20). The van der Waals surface area contributed by atoms with E-state index in [4.69, 9.17) is 0 Å². The fraction of sp³-hybridized carbons (Fsp3) is 0.389.